The number of nitrogens with zero attached hydrogens (tertiary/aromatic N) is 2. The molecule has 0 bridgehead atoms. The van der Waals surface area contributed by atoms with Crippen LogP contribution in [0.15, 0.2) is 71.8 Å². The molecule has 0 spiro atoms. The highest BCUT2D eigenvalue weighted by atomic mass is 16.2. The summed E-state index contributed by atoms with van der Waals surface area (Å²) < 4.78 is 0. The van der Waals surface area contributed by atoms with Crippen molar-refractivity contribution >= 4 is 34.5 Å². The second kappa shape index (κ2) is 8.47. The number of anilines is 2. The van der Waals surface area contributed by atoms with E-state index in [4.69, 9.17) is 0 Å². The Hall–Kier alpha value is -4.06. The molecule has 2 aliphatic carbocycles. The molecule has 0 radical (unpaired) electrons. The second-order valence-electron chi connectivity index (χ2n) is 8.37. The normalized spacial score (nSPS) is 17.5. The first-order valence-corrected chi connectivity index (χ1v) is 10.6. The van der Waals surface area contributed by atoms with E-state index in [1.54, 1.807) is 42.5 Å². The molecule has 166 valence electrons. The van der Waals surface area contributed by atoms with Crippen molar-refractivity contribution in [1.29, 1.82) is 0 Å². The van der Waals surface area contributed by atoms with Gasteiger partial charge in [0.05, 0.1) is 22.3 Å². The van der Waals surface area contributed by atoms with Crippen LogP contribution in [-0.4, -0.2) is 51.3 Å². The zero-order valence-corrected chi connectivity index (χ0v) is 19.0. The Morgan fingerprint density at radius 1 is 0.667 bits per heavy atom. The predicted molar refractivity (Wildman–Crippen MR) is 129 cm³/mol. The molecule has 0 saturated heterocycles. The Morgan fingerprint density at radius 3 is 1.67 bits per heavy atom. The molecule has 0 unspecified atom stereocenters. The summed E-state index contributed by atoms with van der Waals surface area (Å²) in [4.78, 5) is 54.8. The van der Waals surface area contributed by atoms with Gasteiger partial charge in [-0.15, -0.1) is 0 Å². The van der Waals surface area contributed by atoms with Gasteiger partial charge in [-0.25, -0.2) is 0 Å². The van der Waals surface area contributed by atoms with Gasteiger partial charge in [0.1, 0.15) is 0 Å². The van der Waals surface area contributed by atoms with Gasteiger partial charge in [0.15, 0.2) is 23.1 Å². The van der Waals surface area contributed by atoms with Crippen molar-refractivity contribution in [1.82, 2.24) is 0 Å². The Morgan fingerprint density at radius 2 is 1.15 bits per heavy atom. The van der Waals surface area contributed by atoms with Crippen molar-refractivity contribution in [2.75, 3.05) is 38.0 Å². The van der Waals surface area contributed by atoms with Crippen molar-refractivity contribution in [3.05, 3.63) is 94.1 Å². The molecule has 6 nitrogen and oxygen atoms in total. The smallest absolute Gasteiger partial charge is 0.199 e. The minimum absolute atomic E-state index is 0.110. The largest absolute Gasteiger partial charge is 0.377 e. The lowest BCUT2D eigenvalue weighted by molar-refractivity contribution is 0.0973. The van der Waals surface area contributed by atoms with Crippen molar-refractivity contribution in [3.63, 3.8) is 0 Å². The molecule has 2 aromatic rings. The Balaban J connectivity index is 1.53. The first kappa shape index (κ1) is 22.1. The average Bonchev–Trinajstić information content (AvgIpc) is 3.18. The number of Topliss-reactive ketones (excluding diaryl/α,β-unsaturated/α-hetero) is 4. The third kappa shape index (κ3) is 3.63. The number of fused-ring (bicyclic) bond motifs is 2. The van der Waals surface area contributed by atoms with Crippen LogP contribution in [0.4, 0.5) is 11.4 Å². The van der Waals surface area contributed by atoms with Gasteiger partial charge in [0, 0.05) is 50.7 Å². The number of carbonyl (C=O) groups is 4. The maximum atomic E-state index is 12.9. The van der Waals surface area contributed by atoms with Crippen LogP contribution in [0.2, 0.25) is 0 Å². The van der Waals surface area contributed by atoms with Gasteiger partial charge in [0.25, 0.3) is 0 Å². The number of carbonyl (C=O) groups excluding carboxylic acids is 4. The predicted octanol–water partition coefficient (Wildman–Crippen LogP) is 4.08. The summed E-state index contributed by atoms with van der Waals surface area (Å²) in [5.41, 5.74) is 3.35. The fraction of sp³-hybridized carbons (Fsp3) is 0.185. The van der Waals surface area contributed by atoms with Crippen molar-refractivity contribution < 1.29 is 19.2 Å². The summed E-state index contributed by atoms with van der Waals surface area (Å²) in [6.07, 6.45) is 6.74. The number of rotatable bonds is 5. The minimum Gasteiger partial charge on any atom is -0.377 e. The monoisotopic (exact) mass is 440 g/mol. The summed E-state index contributed by atoms with van der Waals surface area (Å²) >= 11 is 0. The minimum atomic E-state index is -0.297. The molecule has 2 aliphatic rings. The molecule has 0 aliphatic heterocycles. The fourth-order valence-corrected chi connectivity index (χ4v) is 4.21. The molecular formula is C27H24N2O4. The van der Waals surface area contributed by atoms with Gasteiger partial charge < -0.3 is 9.80 Å². The number of allylic oxidation sites excluding steroid dienone is 6. The SMILES string of the molecule is CN(C)c1cccc2c1C(=O)C(=CC=CCC=C1C(=O)c3cccc(N(C)C)c3C1=O)C2=O. The maximum absolute atomic E-state index is 12.9. The summed E-state index contributed by atoms with van der Waals surface area (Å²) in [5, 5.41) is 0. The molecular weight excluding hydrogens is 416 g/mol. The standard InChI is InChI=1S/C27H24N2O4/c1-28(2)20-14-8-12-16-22(20)26(32)18(24(16)30)10-6-5-7-11-19-25(31)17-13-9-15-21(29(3)4)23(17)27(19)33/h5-6,8-15H,7H2,1-4H3. The van der Waals surface area contributed by atoms with Crippen LogP contribution in [-0.2, 0) is 0 Å². The van der Waals surface area contributed by atoms with Gasteiger partial charge in [-0.1, -0.05) is 42.5 Å². The molecule has 0 amide bonds. The van der Waals surface area contributed by atoms with Gasteiger partial charge >= 0.3 is 0 Å². The number of benzene rings is 2. The van der Waals surface area contributed by atoms with E-state index in [-0.39, 0.29) is 34.3 Å². The molecule has 0 saturated carbocycles. The fourth-order valence-electron chi connectivity index (χ4n) is 4.21. The Labute approximate surface area is 192 Å². The highest BCUT2D eigenvalue weighted by molar-refractivity contribution is 6.41. The van der Waals surface area contributed by atoms with E-state index in [0.717, 1.165) is 0 Å². The van der Waals surface area contributed by atoms with Crippen LogP contribution < -0.4 is 9.80 Å². The summed E-state index contributed by atoms with van der Waals surface area (Å²) in [7, 11) is 7.31. The van der Waals surface area contributed by atoms with E-state index in [9.17, 15) is 19.2 Å². The molecule has 33 heavy (non-hydrogen) atoms. The lowest BCUT2D eigenvalue weighted by Gasteiger charge is -2.15. The van der Waals surface area contributed by atoms with E-state index in [1.807, 2.05) is 50.1 Å². The van der Waals surface area contributed by atoms with Crippen LogP contribution in [0.25, 0.3) is 0 Å². The van der Waals surface area contributed by atoms with Gasteiger partial charge in [-0.2, -0.15) is 0 Å². The third-order valence-corrected chi connectivity index (χ3v) is 5.83. The zero-order valence-electron chi connectivity index (χ0n) is 19.0. The average molecular weight is 440 g/mol. The first-order valence-electron chi connectivity index (χ1n) is 10.6. The van der Waals surface area contributed by atoms with Crippen LogP contribution in [0.5, 0.6) is 0 Å². The Bertz CT molecular complexity index is 1310. The highest BCUT2D eigenvalue weighted by Crippen LogP contribution is 2.34. The summed E-state index contributed by atoms with van der Waals surface area (Å²) in [6, 6.07) is 10.5. The number of ketones is 4. The van der Waals surface area contributed by atoms with Crippen molar-refractivity contribution in [2.45, 2.75) is 6.42 Å². The van der Waals surface area contributed by atoms with Crippen LogP contribution in [0, 0.1) is 0 Å². The molecule has 2 aromatic carbocycles. The van der Waals surface area contributed by atoms with E-state index in [1.165, 1.54) is 6.08 Å². The quantitative estimate of drug-likeness (QED) is 0.515. The van der Waals surface area contributed by atoms with Crippen molar-refractivity contribution in [2.24, 2.45) is 0 Å². The van der Waals surface area contributed by atoms with E-state index in [2.05, 4.69) is 0 Å². The van der Waals surface area contributed by atoms with Crippen LogP contribution in [0.3, 0.4) is 0 Å². The first-order chi connectivity index (χ1) is 15.7. The number of hydrogen-bond acceptors (Lipinski definition) is 6. The van der Waals surface area contributed by atoms with Crippen molar-refractivity contribution in [3.8, 4) is 0 Å². The number of hydrogen-bond donors (Lipinski definition) is 0. The Kier molecular flexibility index (Phi) is 5.68. The van der Waals surface area contributed by atoms with E-state index >= 15 is 0 Å². The van der Waals surface area contributed by atoms with Gasteiger partial charge in [-0.05, 0) is 24.6 Å². The topological polar surface area (TPSA) is 74.8 Å². The zero-order chi connectivity index (χ0) is 23.9. The van der Waals surface area contributed by atoms with E-state index in [0.29, 0.717) is 40.0 Å². The summed E-state index contributed by atoms with van der Waals surface area (Å²) in [6.45, 7) is 0. The third-order valence-electron chi connectivity index (χ3n) is 5.83. The lowest BCUT2D eigenvalue weighted by Crippen LogP contribution is -2.13. The van der Waals surface area contributed by atoms with Crippen LogP contribution >= 0.6 is 0 Å². The molecule has 4 rings (SSSR count). The molecule has 0 atom stereocenters. The maximum Gasteiger partial charge on any atom is 0.199 e. The molecule has 0 heterocycles. The molecule has 0 aromatic heterocycles. The molecule has 6 heteroatoms. The highest BCUT2D eigenvalue weighted by Gasteiger charge is 2.36. The van der Waals surface area contributed by atoms with E-state index < -0.39 is 0 Å². The van der Waals surface area contributed by atoms with Crippen LogP contribution in [0.1, 0.15) is 47.9 Å². The van der Waals surface area contributed by atoms with Gasteiger partial charge in [-0.3, -0.25) is 19.2 Å². The molecule has 0 fully saturated rings. The lowest BCUT2D eigenvalue weighted by atomic mass is 10.1. The molecule has 0 N–H and O–H groups in total. The van der Waals surface area contributed by atoms with Gasteiger partial charge in [0.2, 0.25) is 0 Å². The second-order valence-corrected chi connectivity index (χ2v) is 8.37. The summed E-state index contributed by atoms with van der Waals surface area (Å²) in [5.74, 6) is -1.15.